The molecular weight excluding hydrogens is 352 g/mol. The summed E-state index contributed by atoms with van der Waals surface area (Å²) < 4.78 is 0.800. The molecule has 3 N–H and O–H groups in total. The molecule has 0 fully saturated rings. The Hall–Kier alpha value is -1.36. The van der Waals surface area contributed by atoms with Gasteiger partial charge in [-0.25, -0.2) is 0 Å². The van der Waals surface area contributed by atoms with Crippen molar-refractivity contribution >= 4 is 39.1 Å². The molecule has 1 amide bonds. The number of carbonyl (C=O) groups excluding carboxylic acids is 1. The van der Waals surface area contributed by atoms with E-state index >= 15 is 0 Å². The van der Waals surface area contributed by atoms with E-state index < -0.39 is 0 Å². The van der Waals surface area contributed by atoms with Gasteiger partial charge in [-0.15, -0.1) is 0 Å². The van der Waals surface area contributed by atoms with E-state index in [2.05, 4.69) is 21.2 Å². The zero-order chi connectivity index (χ0) is 15.4. The molecule has 0 unspecified atom stereocenters. The fraction of sp³-hybridized carbons (Fsp3) is 0.188. The molecule has 0 aliphatic carbocycles. The topological polar surface area (TPSA) is 55.1 Å². The predicted octanol–water partition coefficient (Wildman–Crippen LogP) is 4.16. The van der Waals surface area contributed by atoms with Crippen LogP contribution in [-0.2, 0) is 6.42 Å². The van der Waals surface area contributed by atoms with Crippen LogP contribution >= 0.6 is 27.5 Å². The lowest BCUT2D eigenvalue weighted by atomic mass is 10.0. The molecule has 21 heavy (non-hydrogen) atoms. The van der Waals surface area contributed by atoms with Crippen molar-refractivity contribution in [3.05, 3.63) is 62.6 Å². The molecule has 0 radical (unpaired) electrons. The Kier molecular flexibility index (Phi) is 5.39. The molecule has 110 valence electrons. The number of benzene rings is 2. The van der Waals surface area contributed by atoms with Crippen molar-refractivity contribution in [1.29, 1.82) is 0 Å². The summed E-state index contributed by atoms with van der Waals surface area (Å²) in [5, 5.41) is 3.50. The van der Waals surface area contributed by atoms with Gasteiger partial charge in [-0.2, -0.15) is 0 Å². The quantitative estimate of drug-likeness (QED) is 0.852. The lowest BCUT2D eigenvalue weighted by Gasteiger charge is -2.12. The van der Waals surface area contributed by atoms with Crippen LogP contribution in [0.15, 0.2) is 40.9 Å². The molecule has 0 aliphatic rings. The summed E-state index contributed by atoms with van der Waals surface area (Å²) in [6, 6.07) is 11.1. The second-order valence-electron chi connectivity index (χ2n) is 4.73. The van der Waals surface area contributed by atoms with Gasteiger partial charge in [0, 0.05) is 15.1 Å². The molecule has 0 saturated carbocycles. The second-order valence-corrected chi connectivity index (χ2v) is 5.99. The van der Waals surface area contributed by atoms with Crippen molar-refractivity contribution in [2.24, 2.45) is 5.73 Å². The lowest BCUT2D eigenvalue weighted by Crippen LogP contribution is -2.16. The molecule has 0 atom stereocenters. The summed E-state index contributed by atoms with van der Waals surface area (Å²) in [4.78, 5) is 12.4. The molecule has 0 aliphatic heterocycles. The summed E-state index contributed by atoms with van der Waals surface area (Å²) in [6.07, 6.45) is 0.666. The third-order valence-corrected chi connectivity index (χ3v) is 4.24. The third kappa shape index (κ3) is 3.84. The summed E-state index contributed by atoms with van der Waals surface area (Å²) in [6.45, 7) is 2.42. The Balaban J connectivity index is 2.28. The Morgan fingerprint density at radius 2 is 2.05 bits per heavy atom. The van der Waals surface area contributed by atoms with E-state index in [0.29, 0.717) is 29.2 Å². The fourth-order valence-electron chi connectivity index (χ4n) is 2.05. The van der Waals surface area contributed by atoms with Crippen molar-refractivity contribution in [2.45, 2.75) is 13.3 Å². The molecule has 0 bridgehead atoms. The van der Waals surface area contributed by atoms with Gasteiger partial charge in [0.15, 0.2) is 0 Å². The van der Waals surface area contributed by atoms with E-state index in [9.17, 15) is 4.79 Å². The Morgan fingerprint density at radius 1 is 1.33 bits per heavy atom. The van der Waals surface area contributed by atoms with Crippen molar-refractivity contribution < 1.29 is 4.79 Å². The molecule has 0 saturated heterocycles. The molecular formula is C16H16BrClN2O. The van der Waals surface area contributed by atoms with Crippen LogP contribution in [0.25, 0.3) is 0 Å². The van der Waals surface area contributed by atoms with E-state index in [4.69, 9.17) is 17.3 Å². The standard InChI is InChI=1S/C16H16BrClN2O/c1-10-8-13(17)15(9-14(10)18)20-16(21)12-5-3-2-4-11(12)6-7-19/h2-5,8-9H,6-7,19H2,1H3,(H,20,21). The number of carbonyl (C=O) groups is 1. The van der Waals surface area contributed by atoms with Crippen LogP contribution in [0.2, 0.25) is 5.02 Å². The Labute approximate surface area is 137 Å². The number of aryl methyl sites for hydroxylation is 1. The van der Waals surface area contributed by atoms with Gasteiger partial charge < -0.3 is 11.1 Å². The molecule has 0 aromatic heterocycles. The first-order valence-corrected chi connectivity index (χ1v) is 7.75. The van der Waals surface area contributed by atoms with Gasteiger partial charge >= 0.3 is 0 Å². The highest BCUT2D eigenvalue weighted by Gasteiger charge is 2.13. The highest BCUT2D eigenvalue weighted by Crippen LogP contribution is 2.29. The number of hydrogen-bond donors (Lipinski definition) is 2. The molecule has 2 aromatic rings. The second kappa shape index (κ2) is 7.07. The first-order chi connectivity index (χ1) is 10.0. The maximum absolute atomic E-state index is 12.4. The number of nitrogens with two attached hydrogens (primary N) is 1. The van der Waals surface area contributed by atoms with Gasteiger partial charge in [-0.1, -0.05) is 29.8 Å². The van der Waals surface area contributed by atoms with Crippen molar-refractivity contribution in [1.82, 2.24) is 0 Å². The maximum atomic E-state index is 12.4. The zero-order valence-corrected chi connectivity index (χ0v) is 14.0. The van der Waals surface area contributed by atoms with Gasteiger partial charge in [0.25, 0.3) is 5.91 Å². The van der Waals surface area contributed by atoms with Crippen molar-refractivity contribution in [2.75, 3.05) is 11.9 Å². The van der Waals surface area contributed by atoms with Crippen LogP contribution in [0.5, 0.6) is 0 Å². The van der Waals surface area contributed by atoms with Crippen LogP contribution in [0.1, 0.15) is 21.5 Å². The highest BCUT2D eigenvalue weighted by molar-refractivity contribution is 9.10. The molecule has 2 rings (SSSR count). The van der Waals surface area contributed by atoms with E-state index in [0.717, 1.165) is 15.6 Å². The summed E-state index contributed by atoms with van der Waals surface area (Å²) >= 11 is 9.55. The van der Waals surface area contributed by atoms with E-state index in [-0.39, 0.29) is 5.91 Å². The summed E-state index contributed by atoms with van der Waals surface area (Å²) in [5.74, 6) is -0.167. The minimum atomic E-state index is -0.167. The van der Waals surface area contributed by atoms with Gasteiger partial charge in [0.05, 0.1) is 5.69 Å². The normalized spacial score (nSPS) is 10.5. The third-order valence-electron chi connectivity index (χ3n) is 3.17. The summed E-state index contributed by atoms with van der Waals surface area (Å²) in [7, 11) is 0. The number of rotatable bonds is 4. The Bertz CT molecular complexity index is 673. The molecule has 5 heteroatoms. The van der Waals surface area contributed by atoms with Crippen LogP contribution in [0.4, 0.5) is 5.69 Å². The number of hydrogen-bond acceptors (Lipinski definition) is 2. The average Bonchev–Trinajstić information content (AvgIpc) is 2.45. The molecule has 2 aromatic carbocycles. The van der Waals surface area contributed by atoms with Crippen LogP contribution in [-0.4, -0.2) is 12.5 Å². The minimum absolute atomic E-state index is 0.167. The first-order valence-electron chi connectivity index (χ1n) is 6.58. The van der Waals surface area contributed by atoms with Gasteiger partial charge in [0.2, 0.25) is 0 Å². The summed E-state index contributed by atoms with van der Waals surface area (Å²) in [5.41, 5.74) is 8.75. The minimum Gasteiger partial charge on any atom is -0.330 e. The number of nitrogens with one attached hydrogen (secondary N) is 1. The van der Waals surface area contributed by atoms with Gasteiger partial charge in [-0.05, 0) is 65.1 Å². The smallest absolute Gasteiger partial charge is 0.255 e. The first kappa shape index (κ1) is 16.0. The number of anilines is 1. The van der Waals surface area contributed by atoms with Crippen molar-refractivity contribution in [3.8, 4) is 0 Å². The largest absolute Gasteiger partial charge is 0.330 e. The van der Waals surface area contributed by atoms with Crippen LogP contribution < -0.4 is 11.1 Å². The monoisotopic (exact) mass is 366 g/mol. The maximum Gasteiger partial charge on any atom is 0.255 e. The average molecular weight is 368 g/mol. The predicted molar refractivity (Wildman–Crippen MR) is 91.0 cm³/mol. The van der Waals surface area contributed by atoms with E-state index in [1.807, 2.05) is 31.2 Å². The lowest BCUT2D eigenvalue weighted by molar-refractivity contribution is 0.102. The van der Waals surface area contributed by atoms with E-state index in [1.165, 1.54) is 0 Å². The fourth-order valence-corrected chi connectivity index (χ4v) is 2.77. The van der Waals surface area contributed by atoms with E-state index in [1.54, 1.807) is 12.1 Å². The van der Waals surface area contributed by atoms with Gasteiger partial charge in [-0.3, -0.25) is 4.79 Å². The van der Waals surface area contributed by atoms with Crippen molar-refractivity contribution in [3.63, 3.8) is 0 Å². The number of amides is 1. The Morgan fingerprint density at radius 3 is 2.76 bits per heavy atom. The molecule has 3 nitrogen and oxygen atoms in total. The molecule has 0 spiro atoms. The van der Waals surface area contributed by atoms with Crippen LogP contribution in [0, 0.1) is 6.92 Å². The zero-order valence-electron chi connectivity index (χ0n) is 11.6. The highest BCUT2D eigenvalue weighted by atomic mass is 79.9. The van der Waals surface area contributed by atoms with Gasteiger partial charge in [0.1, 0.15) is 0 Å². The SMILES string of the molecule is Cc1cc(Br)c(NC(=O)c2ccccc2CCN)cc1Cl. The van der Waals surface area contributed by atoms with Crippen LogP contribution in [0.3, 0.4) is 0 Å². The molecule has 0 heterocycles. The number of halogens is 2.